The molecule has 1 fully saturated rings. The number of methoxy groups -OCH3 is 1. The zero-order chi connectivity index (χ0) is 13.5. The predicted molar refractivity (Wildman–Crippen MR) is 78.0 cm³/mol. The smallest absolute Gasteiger partial charge is 0.161 e. The van der Waals surface area contributed by atoms with Gasteiger partial charge in [-0.1, -0.05) is 31.9 Å². The number of ether oxygens (including phenoxy) is 2. The molecule has 0 bridgehead atoms. The molecule has 1 saturated carbocycles. The number of nitrogens with one attached hydrogen (secondary N) is 1. The van der Waals surface area contributed by atoms with Crippen LogP contribution in [0.15, 0.2) is 24.3 Å². The highest BCUT2D eigenvalue weighted by molar-refractivity contribution is 5.39. The number of hydrogen-bond acceptors (Lipinski definition) is 3. The predicted octanol–water partition coefficient (Wildman–Crippen LogP) is 3.38. The summed E-state index contributed by atoms with van der Waals surface area (Å²) < 4.78 is 11.6. The van der Waals surface area contributed by atoms with E-state index in [0.717, 1.165) is 24.5 Å². The highest BCUT2D eigenvalue weighted by Gasteiger charge is 2.25. The molecule has 0 radical (unpaired) electrons. The Hall–Kier alpha value is -1.22. The summed E-state index contributed by atoms with van der Waals surface area (Å²) in [6, 6.07) is 8.37. The molecule has 3 nitrogen and oxygen atoms in total. The van der Waals surface area contributed by atoms with E-state index in [1.54, 1.807) is 7.11 Å². The van der Waals surface area contributed by atoms with Crippen molar-refractivity contribution in [3.05, 3.63) is 24.3 Å². The summed E-state index contributed by atoms with van der Waals surface area (Å²) in [5.41, 5.74) is 0. The van der Waals surface area contributed by atoms with Crippen LogP contribution in [0.3, 0.4) is 0 Å². The van der Waals surface area contributed by atoms with Crippen molar-refractivity contribution in [2.24, 2.45) is 0 Å². The van der Waals surface area contributed by atoms with Crippen LogP contribution in [-0.2, 0) is 0 Å². The van der Waals surface area contributed by atoms with Crippen LogP contribution in [0.4, 0.5) is 0 Å². The minimum atomic E-state index is 0.249. The van der Waals surface area contributed by atoms with Gasteiger partial charge in [0.2, 0.25) is 0 Å². The Morgan fingerprint density at radius 1 is 1.11 bits per heavy atom. The molecule has 1 aromatic carbocycles. The summed E-state index contributed by atoms with van der Waals surface area (Å²) in [6.07, 6.45) is 6.43. The van der Waals surface area contributed by atoms with Gasteiger partial charge in [-0.3, -0.25) is 0 Å². The third-order valence-electron chi connectivity index (χ3n) is 3.77. The number of para-hydroxylation sites is 2. The topological polar surface area (TPSA) is 30.5 Å². The van der Waals surface area contributed by atoms with E-state index in [1.165, 1.54) is 25.7 Å². The first-order valence-electron chi connectivity index (χ1n) is 7.38. The lowest BCUT2D eigenvalue weighted by atomic mass is 10.1. The molecular formula is C16H25NO2. The van der Waals surface area contributed by atoms with Crippen molar-refractivity contribution >= 4 is 0 Å². The zero-order valence-electron chi connectivity index (χ0n) is 12.0. The Kier molecular flexibility index (Phi) is 5.52. The molecule has 1 N–H and O–H groups in total. The van der Waals surface area contributed by atoms with Gasteiger partial charge in [-0.25, -0.2) is 0 Å². The lowest BCUT2D eigenvalue weighted by Gasteiger charge is -2.27. The second kappa shape index (κ2) is 7.39. The van der Waals surface area contributed by atoms with Crippen molar-refractivity contribution in [3.63, 3.8) is 0 Å². The monoisotopic (exact) mass is 263 g/mol. The van der Waals surface area contributed by atoms with Crippen LogP contribution in [0.1, 0.15) is 39.0 Å². The van der Waals surface area contributed by atoms with Crippen molar-refractivity contribution in [3.8, 4) is 11.5 Å². The molecule has 2 unspecified atom stereocenters. The standard InChI is InChI=1S/C16H25NO2/c1-3-17-13-9-5-4-6-10-14(13)19-16-12-8-7-11-15(16)18-2/h7-8,11-14,17H,3-6,9-10H2,1-2H3. The second-order valence-electron chi connectivity index (χ2n) is 5.11. The van der Waals surface area contributed by atoms with Gasteiger partial charge in [0.1, 0.15) is 6.10 Å². The highest BCUT2D eigenvalue weighted by atomic mass is 16.5. The van der Waals surface area contributed by atoms with Crippen LogP contribution in [0.2, 0.25) is 0 Å². The molecule has 106 valence electrons. The summed E-state index contributed by atoms with van der Waals surface area (Å²) in [7, 11) is 1.69. The average Bonchev–Trinajstić information content (AvgIpc) is 2.66. The third kappa shape index (κ3) is 3.87. The average molecular weight is 263 g/mol. The van der Waals surface area contributed by atoms with Gasteiger partial charge in [0.05, 0.1) is 7.11 Å². The van der Waals surface area contributed by atoms with Gasteiger partial charge >= 0.3 is 0 Å². The molecule has 0 spiro atoms. The Balaban J connectivity index is 2.09. The molecule has 0 saturated heterocycles. The van der Waals surface area contributed by atoms with Gasteiger partial charge < -0.3 is 14.8 Å². The van der Waals surface area contributed by atoms with E-state index in [-0.39, 0.29) is 6.10 Å². The molecule has 3 heteroatoms. The normalized spacial score (nSPS) is 23.7. The zero-order valence-corrected chi connectivity index (χ0v) is 12.0. The minimum Gasteiger partial charge on any atom is -0.493 e. The summed E-state index contributed by atoms with van der Waals surface area (Å²) in [5.74, 6) is 1.68. The number of benzene rings is 1. The Bertz CT molecular complexity index is 381. The van der Waals surface area contributed by atoms with Crippen molar-refractivity contribution < 1.29 is 9.47 Å². The SMILES string of the molecule is CCNC1CCCCCC1Oc1ccccc1OC. The number of rotatable bonds is 5. The maximum absolute atomic E-state index is 6.24. The lowest BCUT2D eigenvalue weighted by molar-refractivity contribution is 0.140. The fourth-order valence-electron chi connectivity index (χ4n) is 2.79. The maximum Gasteiger partial charge on any atom is 0.161 e. The van der Waals surface area contributed by atoms with Gasteiger partial charge in [-0.05, 0) is 37.9 Å². The fraction of sp³-hybridized carbons (Fsp3) is 0.625. The van der Waals surface area contributed by atoms with E-state index in [2.05, 4.69) is 12.2 Å². The van der Waals surface area contributed by atoms with Gasteiger partial charge in [0, 0.05) is 6.04 Å². The first kappa shape index (κ1) is 14.2. The molecule has 19 heavy (non-hydrogen) atoms. The van der Waals surface area contributed by atoms with Gasteiger partial charge in [-0.15, -0.1) is 0 Å². The van der Waals surface area contributed by atoms with E-state index in [9.17, 15) is 0 Å². The fourth-order valence-corrected chi connectivity index (χ4v) is 2.79. The Morgan fingerprint density at radius 2 is 1.84 bits per heavy atom. The molecule has 0 aromatic heterocycles. The Labute approximate surface area is 116 Å². The molecule has 1 aliphatic rings. The summed E-state index contributed by atoms with van der Waals surface area (Å²) >= 11 is 0. The summed E-state index contributed by atoms with van der Waals surface area (Å²) in [6.45, 7) is 3.15. The van der Waals surface area contributed by atoms with Crippen LogP contribution >= 0.6 is 0 Å². The molecular weight excluding hydrogens is 238 g/mol. The molecule has 1 aliphatic carbocycles. The van der Waals surface area contributed by atoms with Crippen LogP contribution in [0.5, 0.6) is 11.5 Å². The second-order valence-corrected chi connectivity index (χ2v) is 5.11. The largest absolute Gasteiger partial charge is 0.493 e. The van der Waals surface area contributed by atoms with Crippen LogP contribution < -0.4 is 14.8 Å². The molecule has 0 heterocycles. The Morgan fingerprint density at radius 3 is 2.58 bits per heavy atom. The van der Waals surface area contributed by atoms with Crippen LogP contribution in [0.25, 0.3) is 0 Å². The molecule has 2 atom stereocenters. The van der Waals surface area contributed by atoms with Gasteiger partial charge in [0.25, 0.3) is 0 Å². The third-order valence-corrected chi connectivity index (χ3v) is 3.77. The first-order chi connectivity index (χ1) is 9.35. The van der Waals surface area contributed by atoms with Crippen molar-refractivity contribution in [2.45, 2.75) is 51.2 Å². The highest BCUT2D eigenvalue weighted by Crippen LogP contribution is 2.30. The molecule has 0 aliphatic heterocycles. The quantitative estimate of drug-likeness (QED) is 0.826. The van der Waals surface area contributed by atoms with Crippen LogP contribution in [-0.4, -0.2) is 25.8 Å². The molecule has 1 aromatic rings. The lowest BCUT2D eigenvalue weighted by Crippen LogP contribution is -2.42. The van der Waals surface area contributed by atoms with Crippen molar-refractivity contribution in [1.82, 2.24) is 5.32 Å². The van der Waals surface area contributed by atoms with Crippen molar-refractivity contribution in [1.29, 1.82) is 0 Å². The molecule has 2 rings (SSSR count). The number of hydrogen-bond donors (Lipinski definition) is 1. The van der Waals surface area contributed by atoms with E-state index in [4.69, 9.17) is 9.47 Å². The van der Waals surface area contributed by atoms with Gasteiger partial charge in [0.15, 0.2) is 11.5 Å². The minimum absolute atomic E-state index is 0.249. The summed E-state index contributed by atoms with van der Waals surface area (Å²) in [4.78, 5) is 0. The van der Waals surface area contributed by atoms with Crippen LogP contribution in [0, 0.1) is 0 Å². The van der Waals surface area contributed by atoms with E-state index >= 15 is 0 Å². The van der Waals surface area contributed by atoms with E-state index < -0.39 is 0 Å². The van der Waals surface area contributed by atoms with E-state index in [1.807, 2.05) is 24.3 Å². The molecule has 0 amide bonds. The summed E-state index contributed by atoms with van der Waals surface area (Å²) in [5, 5.41) is 3.57. The van der Waals surface area contributed by atoms with Crippen molar-refractivity contribution in [2.75, 3.05) is 13.7 Å². The first-order valence-corrected chi connectivity index (χ1v) is 7.38. The van der Waals surface area contributed by atoms with Gasteiger partial charge in [-0.2, -0.15) is 0 Å². The number of likely N-dealkylation sites (N-methyl/N-ethyl adjacent to an activating group) is 1. The van der Waals surface area contributed by atoms with E-state index in [0.29, 0.717) is 6.04 Å². The maximum atomic E-state index is 6.24.